The molecule has 1 aromatic rings. The zero-order valence-corrected chi connectivity index (χ0v) is 10.9. The molecule has 0 amide bonds. The molecule has 1 fully saturated rings. The fourth-order valence-corrected chi connectivity index (χ4v) is 1.85. The van der Waals surface area contributed by atoms with Crippen molar-refractivity contribution in [3.63, 3.8) is 0 Å². The highest BCUT2D eigenvalue weighted by Crippen LogP contribution is 2.23. The molecule has 0 bridgehead atoms. The first-order valence-electron chi connectivity index (χ1n) is 6.25. The fourth-order valence-electron chi connectivity index (χ4n) is 1.85. The summed E-state index contributed by atoms with van der Waals surface area (Å²) in [7, 11) is 0. The van der Waals surface area contributed by atoms with Gasteiger partial charge in [-0.05, 0) is 19.1 Å². The van der Waals surface area contributed by atoms with E-state index in [1.165, 1.54) is 0 Å². The molecule has 0 atom stereocenters. The lowest BCUT2D eigenvalue weighted by atomic mass is 9.99. The first kappa shape index (κ1) is 14.0. The Morgan fingerprint density at radius 3 is 2.35 bits per heavy atom. The molecule has 1 aliphatic rings. The molecular weight excluding hydrogens is 217 g/mol. The van der Waals surface area contributed by atoms with Crippen molar-refractivity contribution < 1.29 is 9.13 Å². The van der Waals surface area contributed by atoms with Gasteiger partial charge in [0.05, 0.1) is 0 Å². The zero-order chi connectivity index (χ0) is 12.7. The molecule has 0 aromatic heterocycles. The molecule has 1 heterocycles. The molecule has 0 saturated carbocycles. The minimum Gasteiger partial charge on any atom is -0.492 e. The summed E-state index contributed by atoms with van der Waals surface area (Å²) in [6.07, 6.45) is 0. The van der Waals surface area contributed by atoms with E-state index in [0.717, 1.165) is 12.3 Å². The second-order valence-corrected chi connectivity index (χ2v) is 4.29. The van der Waals surface area contributed by atoms with Gasteiger partial charge in [0.25, 0.3) is 0 Å². The molecule has 1 aromatic carbocycles. The number of rotatable bonds is 4. The van der Waals surface area contributed by atoms with Gasteiger partial charge < -0.3 is 4.74 Å². The number of nitrogens with zero attached hydrogens (tertiary/aromatic N) is 1. The quantitative estimate of drug-likeness (QED) is 0.800. The average molecular weight is 239 g/mol. The Balaban J connectivity index is 0.000000686. The van der Waals surface area contributed by atoms with Crippen LogP contribution in [0.2, 0.25) is 0 Å². The van der Waals surface area contributed by atoms with Gasteiger partial charge >= 0.3 is 0 Å². The van der Waals surface area contributed by atoms with E-state index in [-0.39, 0.29) is 0 Å². The maximum absolute atomic E-state index is 13.1. The molecule has 1 saturated heterocycles. The molecule has 2 nitrogen and oxygen atoms in total. The van der Waals surface area contributed by atoms with Crippen molar-refractivity contribution in [3.8, 4) is 5.75 Å². The summed E-state index contributed by atoms with van der Waals surface area (Å²) in [5.41, 5.74) is -0.979. The van der Waals surface area contributed by atoms with Crippen LogP contribution in [0.3, 0.4) is 0 Å². The summed E-state index contributed by atoms with van der Waals surface area (Å²) in [5, 5.41) is 0. The lowest BCUT2D eigenvalue weighted by molar-refractivity contribution is -0.0228. The van der Waals surface area contributed by atoms with Crippen molar-refractivity contribution in [2.24, 2.45) is 0 Å². The highest BCUT2D eigenvalue weighted by molar-refractivity contribution is 5.20. The Morgan fingerprint density at radius 1 is 1.24 bits per heavy atom. The number of ether oxygens (including phenoxy) is 1. The third-order valence-corrected chi connectivity index (χ3v) is 2.53. The SMILES string of the molecule is CC.CC1(F)CN(CCOc2ccccc2)C1. The third-order valence-electron chi connectivity index (χ3n) is 2.53. The molecule has 2 rings (SSSR count). The molecule has 0 spiro atoms. The summed E-state index contributed by atoms with van der Waals surface area (Å²) in [4.78, 5) is 2.06. The van der Waals surface area contributed by atoms with Crippen LogP contribution in [0.1, 0.15) is 20.8 Å². The molecule has 17 heavy (non-hydrogen) atoms. The Labute approximate surface area is 103 Å². The second kappa shape index (κ2) is 6.60. The molecule has 0 N–H and O–H groups in total. The van der Waals surface area contributed by atoms with Crippen molar-refractivity contribution in [2.45, 2.75) is 26.4 Å². The topological polar surface area (TPSA) is 12.5 Å². The Hall–Kier alpha value is -1.09. The van der Waals surface area contributed by atoms with E-state index in [2.05, 4.69) is 4.90 Å². The number of likely N-dealkylation sites (tertiary alicyclic amines) is 1. The van der Waals surface area contributed by atoms with Crippen LogP contribution in [0, 0.1) is 0 Å². The van der Waals surface area contributed by atoms with Gasteiger partial charge in [0.2, 0.25) is 0 Å². The smallest absolute Gasteiger partial charge is 0.133 e. The first-order valence-corrected chi connectivity index (χ1v) is 6.25. The third kappa shape index (κ3) is 4.73. The van der Waals surface area contributed by atoms with Gasteiger partial charge in [-0.2, -0.15) is 0 Å². The van der Waals surface area contributed by atoms with Crippen LogP contribution in [-0.2, 0) is 0 Å². The van der Waals surface area contributed by atoms with Gasteiger partial charge in [0.1, 0.15) is 18.0 Å². The highest BCUT2D eigenvalue weighted by Gasteiger charge is 2.38. The van der Waals surface area contributed by atoms with E-state index in [1.807, 2.05) is 44.2 Å². The summed E-state index contributed by atoms with van der Waals surface area (Å²) < 4.78 is 18.6. The van der Waals surface area contributed by atoms with Gasteiger partial charge in [-0.1, -0.05) is 32.0 Å². The van der Waals surface area contributed by atoms with Crippen LogP contribution < -0.4 is 4.74 Å². The van der Waals surface area contributed by atoms with Crippen LogP contribution in [0.15, 0.2) is 30.3 Å². The van der Waals surface area contributed by atoms with E-state index < -0.39 is 5.67 Å². The van der Waals surface area contributed by atoms with Crippen molar-refractivity contribution in [1.82, 2.24) is 4.90 Å². The Morgan fingerprint density at radius 2 is 1.82 bits per heavy atom. The molecule has 0 unspecified atom stereocenters. The lowest BCUT2D eigenvalue weighted by Crippen LogP contribution is -2.57. The second-order valence-electron chi connectivity index (χ2n) is 4.29. The summed E-state index contributed by atoms with van der Waals surface area (Å²) >= 11 is 0. The number of halogens is 1. The number of hydrogen-bond acceptors (Lipinski definition) is 2. The zero-order valence-electron chi connectivity index (χ0n) is 10.9. The maximum atomic E-state index is 13.1. The van der Waals surface area contributed by atoms with Crippen molar-refractivity contribution in [1.29, 1.82) is 0 Å². The average Bonchev–Trinajstić information content (AvgIpc) is 2.31. The Kier molecular flexibility index (Phi) is 5.42. The van der Waals surface area contributed by atoms with E-state index >= 15 is 0 Å². The predicted octanol–water partition coefficient (Wildman–Crippen LogP) is 3.14. The largest absolute Gasteiger partial charge is 0.492 e. The molecule has 1 aliphatic heterocycles. The predicted molar refractivity (Wildman–Crippen MR) is 69.2 cm³/mol. The van der Waals surface area contributed by atoms with Crippen LogP contribution in [0.25, 0.3) is 0 Å². The van der Waals surface area contributed by atoms with Gasteiger partial charge in [0.15, 0.2) is 0 Å². The minimum absolute atomic E-state index is 0.533. The monoisotopic (exact) mass is 239 g/mol. The van der Waals surface area contributed by atoms with Crippen molar-refractivity contribution in [3.05, 3.63) is 30.3 Å². The van der Waals surface area contributed by atoms with Crippen LogP contribution >= 0.6 is 0 Å². The van der Waals surface area contributed by atoms with E-state index in [1.54, 1.807) is 6.92 Å². The molecule has 0 aliphatic carbocycles. The number of hydrogen-bond donors (Lipinski definition) is 0. The van der Waals surface area contributed by atoms with E-state index in [9.17, 15) is 4.39 Å². The number of alkyl halides is 1. The van der Waals surface area contributed by atoms with Gasteiger partial charge in [-0.3, -0.25) is 4.90 Å². The van der Waals surface area contributed by atoms with Crippen molar-refractivity contribution in [2.75, 3.05) is 26.2 Å². The molecule has 96 valence electrons. The standard InChI is InChI=1S/C12H16FNO.C2H6/c1-12(13)9-14(10-12)7-8-15-11-5-3-2-4-6-11;1-2/h2-6H,7-10H2,1H3;1-2H3. The van der Waals surface area contributed by atoms with Crippen molar-refractivity contribution >= 4 is 0 Å². The fraction of sp³-hybridized carbons (Fsp3) is 0.571. The normalized spacial score (nSPS) is 17.6. The van der Waals surface area contributed by atoms with E-state index in [4.69, 9.17) is 4.74 Å². The van der Waals surface area contributed by atoms with Gasteiger partial charge in [-0.25, -0.2) is 4.39 Å². The summed E-state index contributed by atoms with van der Waals surface area (Å²) in [6, 6.07) is 9.69. The number of para-hydroxylation sites is 1. The van der Waals surface area contributed by atoms with Gasteiger partial charge in [0, 0.05) is 19.6 Å². The van der Waals surface area contributed by atoms with Crippen LogP contribution in [0.4, 0.5) is 4.39 Å². The summed E-state index contributed by atoms with van der Waals surface area (Å²) in [5.74, 6) is 0.876. The lowest BCUT2D eigenvalue weighted by Gasteiger charge is -2.42. The minimum atomic E-state index is -0.979. The summed E-state index contributed by atoms with van der Waals surface area (Å²) in [6.45, 7) is 8.13. The highest BCUT2D eigenvalue weighted by atomic mass is 19.1. The maximum Gasteiger partial charge on any atom is 0.133 e. The first-order chi connectivity index (χ1) is 8.16. The number of benzene rings is 1. The molecule has 3 heteroatoms. The molecular formula is C14H22FNO. The molecule has 0 radical (unpaired) electrons. The van der Waals surface area contributed by atoms with Crippen LogP contribution in [-0.4, -0.2) is 36.8 Å². The van der Waals surface area contributed by atoms with Gasteiger partial charge in [-0.15, -0.1) is 0 Å². The van der Waals surface area contributed by atoms with E-state index in [0.29, 0.717) is 19.7 Å². The van der Waals surface area contributed by atoms with Crippen LogP contribution in [0.5, 0.6) is 5.75 Å². The Bertz CT molecular complexity index is 305.